The van der Waals surface area contributed by atoms with Gasteiger partial charge in [0.15, 0.2) is 4.80 Å². The van der Waals surface area contributed by atoms with Crippen LogP contribution < -0.4 is 13.8 Å². The molecule has 202 valence electrons. The summed E-state index contributed by atoms with van der Waals surface area (Å²) in [4.78, 5) is 30.2. The largest absolute Gasteiger partial charge is 0.492 e. The number of ether oxygens (including phenoxy) is 2. The van der Waals surface area contributed by atoms with E-state index in [1.54, 1.807) is 23.6 Å². The number of carbonyl (C=O) groups is 2. The smallest absolute Gasteiger partial charge is 0.326 e. The van der Waals surface area contributed by atoms with Gasteiger partial charge in [-0.15, -0.1) is 0 Å². The normalized spacial score (nSPS) is 13.5. The van der Waals surface area contributed by atoms with Crippen molar-refractivity contribution in [3.63, 3.8) is 0 Å². The van der Waals surface area contributed by atoms with Gasteiger partial charge in [-0.1, -0.05) is 35.6 Å². The number of amides is 1. The monoisotopic (exact) mass is 565 g/mol. The highest BCUT2D eigenvalue weighted by Gasteiger charge is 2.30. The maximum Gasteiger partial charge on any atom is 0.326 e. The molecule has 11 heteroatoms. The Labute approximate surface area is 230 Å². The molecule has 0 atom stereocenters. The van der Waals surface area contributed by atoms with E-state index in [9.17, 15) is 18.0 Å². The molecule has 5 rings (SSSR count). The molecular formula is C28H27N3O6S2. The van der Waals surface area contributed by atoms with Crippen LogP contribution in [0.5, 0.6) is 5.75 Å². The molecule has 4 aromatic rings. The first-order valence-corrected chi connectivity index (χ1v) is 14.8. The van der Waals surface area contributed by atoms with Crippen LogP contribution >= 0.6 is 11.3 Å². The van der Waals surface area contributed by atoms with Gasteiger partial charge in [0.1, 0.15) is 17.8 Å². The SMILES string of the molecule is CCOC(=O)Cn1c(=NC(=O)c2ccc(S(=O)(=O)N3CCc4ccccc43)cc2)sc2cccc(OCC)c21. The van der Waals surface area contributed by atoms with Crippen molar-refractivity contribution in [3.05, 3.63) is 82.7 Å². The number of hydrogen-bond acceptors (Lipinski definition) is 7. The van der Waals surface area contributed by atoms with E-state index in [1.165, 1.54) is 39.9 Å². The van der Waals surface area contributed by atoms with Gasteiger partial charge in [0, 0.05) is 12.1 Å². The Kier molecular flexibility index (Phi) is 7.53. The van der Waals surface area contributed by atoms with Gasteiger partial charge >= 0.3 is 5.97 Å². The van der Waals surface area contributed by atoms with E-state index < -0.39 is 21.9 Å². The Hall–Kier alpha value is -3.96. The highest BCUT2D eigenvalue weighted by Crippen LogP contribution is 2.33. The highest BCUT2D eigenvalue weighted by atomic mass is 32.2. The molecule has 0 N–H and O–H groups in total. The Bertz CT molecular complexity index is 1720. The van der Waals surface area contributed by atoms with E-state index in [2.05, 4.69) is 4.99 Å². The second-order valence-corrected chi connectivity index (χ2v) is 11.6. The molecule has 0 saturated carbocycles. The Morgan fingerprint density at radius 1 is 0.974 bits per heavy atom. The zero-order valence-corrected chi connectivity index (χ0v) is 23.1. The van der Waals surface area contributed by atoms with Gasteiger partial charge in [-0.05, 0) is 68.3 Å². The standard InChI is InChI=1S/C28H27N3O6S2/c1-3-36-23-10-7-11-24-26(23)30(18-25(32)37-4-2)28(38-24)29-27(33)20-12-14-21(15-13-20)39(34,35)31-17-16-19-8-5-6-9-22(19)31/h5-15H,3-4,16-18H2,1-2H3. The molecule has 2 heterocycles. The van der Waals surface area contributed by atoms with Gasteiger partial charge in [-0.3, -0.25) is 13.9 Å². The van der Waals surface area contributed by atoms with Crippen LogP contribution in [0.1, 0.15) is 29.8 Å². The molecule has 0 fully saturated rings. The fourth-order valence-electron chi connectivity index (χ4n) is 4.54. The second-order valence-electron chi connectivity index (χ2n) is 8.71. The van der Waals surface area contributed by atoms with Crippen molar-refractivity contribution in [2.45, 2.75) is 31.7 Å². The Morgan fingerprint density at radius 3 is 2.49 bits per heavy atom. The van der Waals surface area contributed by atoms with Gasteiger partial charge in [-0.2, -0.15) is 4.99 Å². The lowest BCUT2D eigenvalue weighted by Gasteiger charge is -2.19. The molecule has 1 amide bonds. The molecule has 0 aliphatic carbocycles. The fraction of sp³-hybridized carbons (Fsp3) is 0.250. The predicted molar refractivity (Wildman–Crippen MR) is 149 cm³/mol. The molecule has 0 unspecified atom stereocenters. The number of fused-ring (bicyclic) bond motifs is 2. The number of benzene rings is 3. The van der Waals surface area contributed by atoms with E-state index in [0.29, 0.717) is 41.3 Å². The van der Waals surface area contributed by atoms with Crippen LogP contribution in [0.3, 0.4) is 0 Å². The minimum atomic E-state index is -3.78. The van der Waals surface area contributed by atoms with E-state index in [-0.39, 0.29) is 23.6 Å². The number of anilines is 1. The maximum atomic E-state index is 13.3. The van der Waals surface area contributed by atoms with Crippen molar-refractivity contribution in [2.75, 3.05) is 24.1 Å². The van der Waals surface area contributed by atoms with Crippen LogP contribution in [0.2, 0.25) is 0 Å². The molecule has 1 aromatic heterocycles. The van der Waals surface area contributed by atoms with Crippen molar-refractivity contribution in [2.24, 2.45) is 4.99 Å². The summed E-state index contributed by atoms with van der Waals surface area (Å²) in [6, 6.07) is 18.7. The number of rotatable bonds is 8. The summed E-state index contributed by atoms with van der Waals surface area (Å²) in [6.07, 6.45) is 0.650. The summed E-state index contributed by atoms with van der Waals surface area (Å²) in [5.41, 5.74) is 2.53. The minimum Gasteiger partial charge on any atom is -0.492 e. The third-order valence-corrected chi connectivity index (χ3v) is 9.16. The third-order valence-electron chi connectivity index (χ3n) is 6.29. The molecular weight excluding hydrogens is 538 g/mol. The zero-order valence-electron chi connectivity index (χ0n) is 21.5. The molecule has 39 heavy (non-hydrogen) atoms. The van der Waals surface area contributed by atoms with Crippen molar-refractivity contribution < 1.29 is 27.5 Å². The van der Waals surface area contributed by atoms with Crippen molar-refractivity contribution in [3.8, 4) is 5.75 Å². The first-order chi connectivity index (χ1) is 18.8. The number of nitrogens with zero attached hydrogens (tertiary/aromatic N) is 3. The van der Waals surface area contributed by atoms with E-state index >= 15 is 0 Å². The summed E-state index contributed by atoms with van der Waals surface area (Å²) >= 11 is 1.25. The van der Waals surface area contributed by atoms with Crippen molar-refractivity contribution in [1.82, 2.24) is 4.57 Å². The first kappa shape index (κ1) is 26.6. The molecule has 1 aliphatic rings. The van der Waals surface area contributed by atoms with Crippen LogP contribution in [0, 0.1) is 0 Å². The predicted octanol–water partition coefficient (Wildman–Crippen LogP) is 4.16. The van der Waals surface area contributed by atoms with Gasteiger partial charge < -0.3 is 14.0 Å². The van der Waals surface area contributed by atoms with Gasteiger partial charge in [0.2, 0.25) is 0 Å². The number of aromatic nitrogens is 1. The van der Waals surface area contributed by atoms with Gasteiger partial charge in [0.25, 0.3) is 15.9 Å². The third kappa shape index (κ3) is 5.19. The first-order valence-electron chi connectivity index (χ1n) is 12.5. The van der Waals surface area contributed by atoms with Crippen LogP contribution in [-0.2, 0) is 32.5 Å². The van der Waals surface area contributed by atoms with Crippen LogP contribution in [0.15, 0.2) is 76.6 Å². The minimum absolute atomic E-state index is 0.0938. The molecule has 3 aromatic carbocycles. The zero-order chi connectivity index (χ0) is 27.6. The molecule has 0 bridgehead atoms. The number of carbonyl (C=O) groups excluding carboxylic acids is 2. The number of para-hydroxylation sites is 2. The van der Waals surface area contributed by atoms with Crippen molar-refractivity contribution in [1.29, 1.82) is 0 Å². The number of sulfonamides is 1. The van der Waals surface area contributed by atoms with Gasteiger partial charge in [-0.25, -0.2) is 8.42 Å². The lowest BCUT2D eigenvalue weighted by Crippen LogP contribution is -2.29. The van der Waals surface area contributed by atoms with E-state index in [0.717, 1.165) is 10.3 Å². The van der Waals surface area contributed by atoms with Gasteiger partial charge in [0.05, 0.1) is 28.5 Å². The summed E-state index contributed by atoms with van der Waals surface area (Å²) in [5.74, 6) is -0.453. The quantitative estimate of drug-likeness (QED) is 0.297. The van der Waals surface area contributed by atoms with E-state index in [4.69, 9.17) is 9.47 Å². The Balaban J connectivity index is 1.48. The van der Waals surface area contributed by atoms with E-state index in [1.807, 2.05) is 37.3 Å². The molecule has 1 aliphatic heterocycles. The molecule has 9 nitrogen and oxygen atoms in total. The number of esters is 1. The van der Waals surface area contributed by atoms with Crippen LogP contribution in [0.25, 0.3) is 10.2 Å². The lowest BCUT2D eigenvalue weighted by atomic mass is 10.2. The lowest BCUT2D eigenvalue weighted by molar-refractivity contribution is -0.143. The van der Waals surface area contributed by atoms with Crippen LogP contribution in [-0.4, -0.2) is 44.6 Å². The summed E-state index contributed by atoms with van der Waals surface area (Å²) in [6.45, 7) is 4.47. The molecule has 0 radical (unpaired) electrons. The second kappa shape index (κ2) is 11.0. The fourth-order valence-corrected chi connectivity index (χ4v) is 7.09. The summed E-state index contributed by atoms with van der Waals surface area (Å²) in [5, 5.41) is 0. The van der Waals surface area contributed by atoms with Crippen molar-refractivity contribution >= 4 is 49.1 Å². The number of thiazole rings is 1. The summed E-state index contributed by atoms with van der Waals surface area (Å²) < 4.78 is 41.3. The Morgan fingerprint density at radius 2 is 1.74 bits per heavy atom. The topological polar surface area (TPSA) is 107 Å². The summed E-state index contributed by atoms with van der Waals surface area (Å²) in [7, 11) is -3.78. The molecule has 0 spiro atoms. The average molecular weight is 566 g/mol. The highest BCUT2D eigenvalue weighted by molar-refractivity contribution is 7.92. The van der Waals surface area contributed by atoms with Crippen LogP contribution in [0.4, 0.5) is 5.69 Å². The average Bonchev–Trinajstić information content (AvgIpc) is 3.52. The molecule has 0 saturated heterocycles. The maximum absolute atomic E-state index is 13.3. The number of hydrogen-bond donors (Lipinski definition) is 0.